The number of carbonyl (C=O) groups excluding carboxylic acids is 2. The summed E-state index contributed by atoms with van der Waals surface area (Å²) in [5, 5.41) is 5.06. The third-order valence-electron chi connectivity index (χ3n) is 5.87. The lowest BCUT2D eigenvalue weighted by molar-refractivity contribution is 0.0933. The molecule has 10 nitrogen and oxygen atoms in total. The average molecular weight is 559 g/mol. The van der Waals surface area contributed by atoms with Crippen LogP contribution in [0.1, 0.15) is 30.6 Å². The number of carbonyl (C=O) groups is 2. The number of anilines is 1. The van der Waals surface area contributed by atoms with Gasteiger partial charge in [-0.25, -0.2) is 18.2 Å². The molecule has 12 heteroatoms. The van der Waals surface area contributed by atoms with Gasteiger partial charge in [-0.15, -0.1) is 11.3 Å². The first-order valence-electron chi connectivity index (χ1n) is 12.3. The second kappa shape index (κ2) is 12.4. The summed E-state index contributed by atoms with van der Waals surface area (Å²) in [6, 6.07) is 13.4. The zero-order valence-electron chi connectivity index (χ0n) is 21.3. The van der Waals surface area contributed by atoms with E-state index in [-0.39, 0.29) is 43.6 Å². The number of ether oxygens (including phenoxy) is 2. The molecule has 0 spiro atoms. The van der Waals surface area contributed by atoms with Gasteiger partial charge in [0.15, 0.2) is 5.13 Å². The molecular weight excluding hydrogens is 528 g/mol. The summed E-state index contributed by atoms with van der Waals surface area (Å²) in [5.74, 6) is 0.407. The van der Waals surface area contributed by atoms with Crippen LogP contribution in [0.15, 0.2) is 58.8 Å². The maximum atomic E-state index is 13.0. The predicted octanol–water partition coefficient (Wildman–Crippen LogP) is 4.31. The van der Waals surface area contributed by atoms with Crippen LogP contribution in [0.5, 0.6) is 5.75 Å². The van der Waals surface area contributed by atoms with Gasteiger partial charge in [0.05, 0.1) is 23.8 Å². The van der Waals surface area contributed by atoms with Crippen LogP contribution in [0.2, 0.25) is 0 Å². The molecule has 202 valence electrons. The highest BCUT2D eigenvalue weighted by Gasteiger charge is 2.30. The van der Waals surface area contributed by atoms with Crippen LogP contribution >= 0.6 is 11.3 Å². The Morgan fingerprint density at radius 2 is 1.68 bits per heavy atom. The number of rotatable bonds is 9. The van der Waals surface area contributed by atoms with Gasteiger partial charge in [0, 0.05) is 42.7 Å². The maximum absolute atomic E-state index is 13.0. The van der Waals surface area contributed by atoms with Crippen LogP contribution in [0.4, 0.5) is 9.93 Å². The van der Waals surface area contributed by atoms with Crippen molar-refractivity contribution >= 4 is 38.5 Å². The summed E-state index contributed by atoms with van der Waals surface area (Å²) >= 11 is 1.30. The number of hydrogen-bond acceptors (Lipinski definition) is 8. The van der Waals surface area contributed by atoms with E-state index in [0.717, 1.165) is 23.4 Å². The van der Waals surface area contributed by atoms with E-state index in [9.17, 15) is 18.0 Å². The number of thiazole rings is 1. The zero-order valence-corrected chi connectivity index (χ0v) is 22.9. The number of benzene rings is 2. The summed E-state index contributed by atoms with van der Waals surface area (Å²) in [6.45, 7) is 5.55. The molecule has 0 saturated carbocycles. The summed E-state index contributed by atoms with van der Waals surface area (Å²) in [7, 11) is -3.76. The number of sulfonamides is 1. The first-order valence-corrected chi connectivity index (χ1v) is 14.7. The Bertz CT molecular complexity index is 1350. The van der Waals surface area contributed by atoms with Gasteiger partial charge in [-0.3, -0.25) is 10.1 Å². The number of hydrogen-bond donors (Lipinski definition) is 1. The minimum absolute atomic E-state index is 0.0848. The summed E-state index contributed by atoms with van der Waals surface area (Å²) < 4.78 is 38.0. The van der Waals surface area contributed by atoms with Crippen molar-refractivity contribution < 1.29 is 27.5 Å². The van der Waals surface area contributed by atoms with Crippen molar-refractivity contribution in [3.05, 3.63) is 59.5 Å². The van der Waals surface area contributed by atoms with E-state index >= 15 is 0 Å². The smallest absolute Gasteiger partial charge is 0.409 e. The van der Waals surface area contributed by atoms with Crippen molar-refractivity contribution in [1.82, 2.24) is 14.2 Å². The van der Waals surface area contributed by atoms with Gasteiger partial charge in [-0.1, -0.05) is 6.92 Å². The second-order valence-corrected chi connectivity index (χ2v) is 11.3. The van der Waals surface area contributed by atoms with Crippen molar-refractivity contribution in [2.24, 2.45) is 0 Å². The van der Waals surface area contributed by atoms with Gasteiger partial charge in [-0.05, 0) is 61.9 Å². The minimum Gasteiger partial charge on any atom is -0.494 e. The first kappa shape index (κ1) is 27.6. The van der Waals surface area contributed by atoms with Gasteiger partial charge in [0.25, 0.3) is 5.91 Å². The highest BCUT2D eigenvalue weighted by molar-refractivity contribution is 7.89. The monoisotopic (exact) mass is 558 g/mol. The zero-order chi connectivity index (χ0) is 27.1. The molecule has 4 rings (SSSR count). The number of piperazine rings is 1. The summed E-state index contributed by atoms with van der Waals surface area (Å²) in [5.41, 5.74) is 1.95. The van der Waals surface area contributed by atoms with Crippen LogP contribution in [-0.2, 0) is 14.8 Å². The van der Waals surface area contributed by atoms with Crippen LogP contribution in [0, 0.1) is 0 Å². The molecule has 3 aromatic rings. The third-order valence-corrected chi connectivity index (χ3v) is 8.54. The molecule has 0 bridgehead atoms. The Balaban J connectivity index is 1.35. The largest absolute Gasteiger partial charge is 0.494 e. The van der Waals surface area contributed by atoms with Crippen molar-refractivity contribution in [3.8, 4) is 17.0 Å². The van der Waals surface area contributed by atoms with Gasteiger partial charge >= 0.3 is 6.09 Å². The van der Waals surface area contributed by atoms with Gasteiger partial charge in [0.1, 0.15) is 5.75 Å². The van der Waals surface area contributed by atoms with Crippen molar-refractivity contribution in [2.75, 3.05) is 44.7 Å². The Kier molecular flexibility index (Phi) is 8.97. The lowest BCUT2D eigenvalue weighted by atomic mass is 10.2. The number of nitrogens with one attached hydrogen (secondary N) is 1. The standard InChI is InChI=1S/C26H30N4O6S2/c1-3-17-36-21-9-5-19(6-10-21)23-18-37-25(27-23)28-24(31)20-7-11-22(12-8-20)38(33,34)30-15-13-29(14-16-30)26(32)35-4-2/h5-12,18H,3-4,13-17H2,1-2H3,(H,27,28,31). The molecule has 2 aromatic carbocycles. The van der Waals surface area contributed by atoms with E-state index in [0.29, 0.717) is 17.3 Å². The molecule has 38 heavy (non-hydrogen) atoms. The molecule has 0 unspecified atom stereocenters. The van der Waals surface area contributed by atoms with E-state index in [1.165, 1.54) is 44.8 Å². The number of nitrogens with zero attached hydrogens (tertiary/aromatic N) is 3. The molecule has 2 amide bonds. The fraction of sp³-hybridized carbons (Fsp3) is 0.346. The van der Waals surface area contributed by atoms with E-state index in [1.54, 1.807) is 6.92 Å². The van der Waals surface area contributed by atoms with Crippen molar-refractivity contribution in [3.63, 3.8) is 0 Å². The highest BCUT2D eigenvalue weighted by Crippen LogP contribution is 2.27. The van der Waals surface area contributed by atoms with Gasteiger partial charge in [-0.2, -0.15) is 4.31 Å². The van der Waals surface area contributed by atoms with E-state index in [1.807, 2.05) is 36.6 Å². The van der Waals surface area contributed by atoms with Crippen LogP contribution in [-0.4, -0.2) is 74.0 Å². The third kappa shape index (κ3) is 6.50. The summed E-state index contributed by atoms with van der Waals surface area (Å²) in [6.07, 6.45) is 0.493. The topological polar surface area (TPSA) is 118 Å². The van der Waals surface area contributed by atoms with E-state index in [2.05, 4.69) is 10.3 Å². The lowest BCUT2D eigenvalue weighted by Crippen LogP contribution is -2.50. The molecular formula is C26H30N4O6S2. The first-order chi connectivity index (χ1) is 18.3. The average Bonchev–Trinajstić information content (AvgIpc) is 3.41. The van der Waals surface area contributed by atoms with Gasteiger partial charge in [0.2, 0.25) is 10.0 Å². The molecule has 1 aliphatic heterocycles. The number of aromatic nitrogens is 1. The molecule has 2 heterocycles. The second-order valence-electron chi connectivity index (χ2n) is 8.48. The molecule has 1 saturated heterocycles. The number of amides is 2. The van der Waals surface area contributed by atoms with Crippen LogP contribution < -0.4 is 10.1 Å². The molecule has 0 atom stereocenters. The molecule has 1 fully saturated rings. The molecule has 0 aliphatic carbocycles. The Hall–Kier alpha value is -3.48. The van der Waals surface area contributed by atoms with Crippen LogP contribution in [0.25, 0.3) is 11.3 Å². The van der Waals surface area contributed by atoms with E-state index < -0.39 is 16.1 Å². The Labute approximate surface area is 226 Å². The SMILES string of the molecule is CCCOc1ccc(-c2csc(NC(=O)c3ccc(S(=O)(=O)N4CCN(C(=O)OCC)CC4)cc3)n2)cc1. The van der Waals surface area contributed by atoms with E-state index in [4.69, 9.17) is 9.47 Å². The maximum Gasteiger partial charge on any atom is 0.409 e. The molecule has 1 N–H and O–H groups in total. The molecule has 1 aliphatic rings. The lowest BCUT2D eigenvalue weighted by Gasteiger charge is -2.33. The molecule has 1 aromatic heterocycles. The fourth-order valence-corrected chi connectivity index (χ4v) is 5.96. The quantitative estimate of drug-likeness (QED) is 0.416. The highest BCUT2D eigenvalue weighted by atomic mass is 32.2. The molecule has 0 radical (unpaired) electrons. The van der Waals surface area contributed by atoms with Crippen LogP contribution in [0.3, 0.4) is 0 Å². The summed E-state index contributed by atoms with van der Waals surface area (Å²) in [4.78, 5) is 30.7. The fourth-order valence-electron chi connectivity index (χ4n) is 3.83. The predicted molar refractivity (Wildman–Crippen MR) is 145 cm³/mol. The minimum atomic E-state index is -3.76. The van der Waals surface area contributed by atoms with Gasteiger partial charge < -0.3 is 14.4 Å². The Morgan fingerprint density at radius 3 is 2.32 bits per heavy atom. The van der Waals surface area contributed by atoms with Crippen molar-refractivity contribution in [2.45, 2.75) is 25.2 Å². The van der Waals surface area contributed by atoms with Crippen molar-refractivity contribution in [1.29, 1.82) is 0 Å². The normalized spacial score (nSPS) is 14.2. The Morgan fingerprint density at radius 1 is 1.00 bits per heavy atom.